The minimum Gasteiger partial charge on any atom is -0.397 e. The molecule has 3 N–H and O–H groups in total. The standard InChI is InChI=1S/C17H27N3O3/c1-22-10-2-7-19-17(21)6-4-14-3-5-16(15(18)13-14)20-8-11-23-12-9-20/h3,5,13H,2,4,6-12,18H2,1H3,(H,19,21). The fourth-order valence-electron chi connectivity index (χ4n) is 2.64. The maximum Gasteiger partial charge on any atom is 0.220 e. The van der Waals surface area contributed by atoms with E-state index in [1.165, 1.54) is 0 Å². The second-order valence-electron chi connectivity index (χ2n) is 5.69. The third-order valence-electron chi connectivity index (χ3n) is 3.93. The Bertz CT molecular complexity index is 502. The first-order chi connectivity index (χ1) is 11.2. The van der Waals surface area contributed by atoms with E-state index in [-0.39, 0.29) is 5.91 Å². The summed E-state index contributed by atoms with van der Waals surface area (Å²) in [7, 11) is 1.66. The number of carbonyl (C=O) groups is 1. The molecule has 0 radical (unpaired) electrons. The molecule has 0 aliphatic carbocycles. The largest absolute Gasteiger partial charge is 0.397 e. The topological polar surface area (TPSA) is 76.8 Å². The highest BCUT2D eigenvalue weighted by molar-refractivity contribution is 5.76. The Hall–Kier alpha value is -1.79. The number of hydrogen-bond acceptors (Lipinski definition) is 5. The molecular formula is C17H27N3O3. The number of hydrogen-bond donors (Lipinski definition) is 2. The Morgan fingerprint density at radius 2 is 2.17 bits per heavy atom. The lowest BCUT2D eigenvalue weighted by atomic mass is 10.1. The number of amides is 1. The van der Waals surface area contributed by atoms with E-state index in [1.807, 2.05) is 12.1 Å². The van der Waals surface area contributed by atoms with Crippen LogP contribution < -0.4 is 16.0 Å². The van der Waals surface area contributed by atoms with Crippen molar-refractivity contribution in [3.8, 4) is 0 Å². The van der Waals surface area contributed by atoms with Gasteiger partial charge in [0.2, 0.25) is 5.91 Å². The molecule has 0 saturated carbocycles. The van der Waals surface area contributed by atoms with Crippen molar-refractivity contribution in [3.63, 3.8) is 0 Å². The SMILES string of the molecule is COCCCNC(=O)CCc1ccc(N2CCOCC2)c(N)c1. The number of aryl methyl sites for hydroxylation is 1. The molecule has 1 aromatic carbocycles. The third kappa shape index (κ3) is 5.73. The highest BCUT2D eigenvalue weighted by atomic mass is 16.5. The highest BCUT2D eigenvalue weighted by Crippen LogP contribution is 2.25. The van der Waals surface area contributed by atoms with E-state index in [2.05, 4.69) is 16.3 Å². The second-order valence-corrected chi connectivity index (χ2v) is 5.69. The van der Waals surface area contributed by atoms with Crippen LogP contribution in [0.3, 0.4) is 0 Å². The molecule has 23 heavy (non-hydrogen) atoms. The van der Waals surface area contributed by atoms with Gasteiger partial charge in [-0.2, -0.15) is 0 Å². The molecule has 0 unspecified atom stereocenters. The second kappa shape index (κ2) is 9.37. The number of morpholine rings is 1. The molecule has 2 rings (SSSR count). The zero-order chi connectivity index (χ0) is 16.5. The number of nitrogens with zero attached hydrogens (tertiary/aromatic N) is 1. The van der Waals surface area contributed by atoms with Crippen LogP contribution in [0.5, 0.6) is 0 Å². The summed E-state index contributed by atoms with van der Waals surface area (Å²) >= 11 is 0. The lowest BCUT2D eigenvalue weighted by Crippen LogP contribution is -2.36. The molecule has 0 spiro atoms. The Morgan fingerprint density at radius 3 is 2.87 bits per heavy atom. The van der Waals surface area contributed by atoms with Crippen molar-refractivity contribution in [3.05, 3.63) is 23.8 Å². The molecule has 0 atom stereocenters. The van der Waals surface area contributed by atoms with Crippen molar-refractivity contribution in [2.45, 2.75) is 19.3 Å². The molecule has 1 aromatic rings. The molecule has 1 fully saturated rings. The lowest BCUT2D eigenvalue weighted by molar-refractivity contribution is -0.121. The summed E-state index contributed by atoms with van der Waals surface area (Å²) in [5, 5.41) is 2.89. The van der Waals surface area contributed by atoms with Crippen LogP contribution in [0, 0.1) is 0 Å². The van der Waals surface area contributed by atoms with Crippen LogP contribution in [-0.2, 0) is 20.7 Å². The summed E-state index contributed by atoms with van der Waals surface area (Å²) in [6.45, 7) is 4.54. The lowest BCUT2D eigenvalue weighted by Gasteiger charge is -2.30. The van der Waals surface area contributed by atoms with Gasteiger partial charge in [0.1, 0.15) is 0 Å². The van der Waals surface area contributed by atoms with Gasteiger partial charge in [-0.15, -0.1) is 0 Å². The number of nitrogens with one attached hydrogen (secondary N) is 1. The van der Waals surface area contributed by atoms with Crippen LogP contribution in [0.25, 0.3) is 0 Å². The van der Waals surface area contributed by atoms with Crippen molar-refractivity contribution >= 4 is 17.3 Å². The van der Waals surface area contributed by atoms with Gasteiger partial charge in [-0.3, -0.25) is 4.79 Å². The van der Waals surface area contributed by atoms with E-state index in [9.17, 15) is 4.79 Å². The Labute approximate surface area is 137 Å². The molecule has 1 amide bonds. The minimum atomic E-state index is 0.0666. The molecular weight excluding hydrogens is 294 g/mol. The van der Waals surface area contributed by atoms with Gasteiger partial charge in [0, 0.05) is 39.8 Å². The first kappa shape index (κ1) is 17.6. The van der Waals surface area contributed by atoms with Gasteiger partial charge in [0.25, 0.3) is 0 Å². The van der Waals surface area contributed by atoms with Crippen molar-refractivity contribution in [1.82, 2.24) is 5.32 Å². The van der Waals surface area contributed by atoms with Crippen LogP contribution in [0.2, 0.25) is 0 Å². The molecule has 128 valence electrons. The molecule has 6 nitrogen and oxygen atoms in total. The van der Waals surface area contributed by atoms with Crippen LogP contribution in [0.1, 0.15) is 18.4 Å². The van der Waals surface area contributed by atoms with Gasteiger partial charge in [0.05, 0.1) is 24.6 Å². The van der Waals surface area contributed by atoms with E-state index < -0.39 is 0 Å². The van der Waals surface area contributed by atoms with Crippen molar-refractivity contribution in [2.75, 3.05) is 57.2 Å². The Balaban J connectivity index is 1.79. The number of nitrogens with two attached hydrogens (primary N) is 1. The van der Waals surface area contributed by atoms with Gasteiger partial charge in [0.15, 0.2) is 0 Å². The maximum absolute atomic E-state index is 11.8. The normalized spacial score (nSPS) is 14.7. The highest BCUT2D eigenvalue weighted by Gasteiger charge is 2.14. The van der Waals surface area contributed by atoms with E-state index in [0.717, 1.165) is 49.7 Å². The van der Waals surface area contributed by atoms with Gasteiger partial charge in [-0.05, 0) is 30.5 Å². The van der Waals surface area contributed by atoms with Gasteiger partial charge in [-0.25, -0.2) is 0 Å². The zero-order valence-corrected chi connectivity index (χ0v) is 13.8. The summed E-state index contributed by atoms with van der Waals surface area (Å²) in [4.78, 5) is 14.0. The van der Waals surface area contributed by atoms with Crippen molar-refractivity contribution in [2.24, 2.45) is 0 Å². The minimum absolute atomic E-state index is 0.0666. The fourth-order valence-corrected chi connectivity index (χ4v) is 2.64. The third-order valence-corrected chi connectivity index (χ3v) is 3.93. The fraction of sp³-hybridized carbons (Fsp3) is 0.588. The van der Waals surface area contributed by atoms with Gasteiger partial charge in [-0.1, -0.05) is 6.07 Å². The average Bonchev–Trinajstić information content (AvgIpc) is 2.58. The quantitative estimate of drug-likeness (QED) is 0.555. The number of anilines is 2. The summed E-state index contributed by atoms with van der Waals surface area (Å²) in [5.41, 5.74) is 9.09. The molecule has 1 saturated heterocycles. The van der Waals surface area contributed by atoms with Crippen molar-refractivity contribution < 1.29 is 14.3 Å². The summed E-state index contributed by atoms with van der Waals surface area (Å²) in [5.74, 6) is 0.0666. The van der Waals surface area contributed by atoms with Crippen LogP contribution >= 0.6 is 0 Å². The number of carbonyl (C=O) groups excluding carboxylic acids is 1. The molecule has 1 aliphatic heterocycles. The van der Waals surface area contributed by atoms with E-state index in [1.54, 1.807) is 7.11 Å². The summed E-state index contributed by atoms with van der Waals surface area (Å²) in [6.07, 6.45) is 2.01. The number of benzene rings is 1. The zero-order valence-electron chi connectivity index (χ0n) is 13.8. The molecule has 0 bridgehead atoms. The van der Waals surface area contributed by atoms with E-state index >= 15 is 0 Å². The van der Waals surface area contributed by atoms with E-state index in [4.69, 9.17) is 15.2 Å². The molecule has 1 heterocycles. The Morgan fingerprint density at radius 1 is 1.39 bits per heavy atom. The van der Waals surface area contributed by atoms with Crippen LogP contribution in [0.15, 0.2) is 18.2 Å². The number of ether oxygens (including phenoxy) is 2. The monoisotopic (exact) mass is 321 g/mol. The number of rotatable bonds is 8. The van der Waals surface area contributed by atoms with E-state index in [0.29, 0.717) is 26.0 Å². The van der Waals surface area contributed by atoms with Crippen molar-refractivity contribution in [1.29, 1.82) is 0 Å². The predicted molar refractivity (Wildman–Crippen MR) is 91.7 cm³/mol. The van der Waals surface area contributed by atoms with Gasteiger partial charge < -0.3 is 25.4 Å². The Kier molecular flexibility index (Phi) is 7.16. The first-order valence-corrected chi connectivity index (χ1v) is 8.17. The number of methoxy groups -OCH3 is 1. The van der Waals surface area contributed by atoms with Crippen LogP contribution in [0.4, 0.5) is 11.4 Å². The average molecular weight is 321 g/mol. The molecule has 6 heteroatoms. The first-order valence-electron chi connectivity index (χ1n) is 8.17. The predicted octanol–water partition coefficient (Wildman–Crippen LogP) is 1.19. The molecule has 1 aliphatic rings. The maximum atomic E-state index is 11.8. The smallest absolute Gasteiger partial charge is 0.220 e. The number of nitrogen functional groups attached to an aromatic ring is 1. The summed E-state index contributed by atoms with van der Waals surface area (Å²) < 4.78 is 10.3. The summed E-state index contributed by atoms with van der Waals surface area (Å²) in [6, 6.07) is 6.08. The van der Waals surface area contributed by atoms with Crippen LogP contribution in [-0.4, -0.2) is 52.5 Å². The van der Waals surface area contributed by atoms with Gasteiger partial charge >= 0.3 is 0 Å². The molecule has 0 aromatic heterocycles.